The Labute approximate surface area is 183 Å². The Balaban J connectivity index is 1.46. The molecule has 0 atom stereocenters. The molecule has 0 saturated heterocycles. The number of thiazole rings is 1. The Hall–Kier alpha value is -2.59. The largest absolute Gasteiger partial charge is 0.491 e. The van der Waals surface area contributed by atoms with Gasteiger partial charge in [-0.05, 0) is 52.9 Å². The number of aromatic nitrogens is 4. The van der Waals surface area contributed by atoms with Gasteiger partial charge in [0.05, 0.1) is 21.6 Å². The number of hydrogen-bond acceptors (Lipinski definition) is 5. The molecule has 0 bridgehead atoms. The van der Waals surface area contributed by atoms with Gasteiger partial charge in [0.25, 0.3) is 0 Å². The van der Waals surface area contributed by atoms with E-state index in [0.717, 1.165) is 41.4 Å². The van der Waals surface area contributed by atoms with Crippen LogP contribution >= 0.6 is 33.9 Å². The van der Waals surface area contributed by atoms with Crippen LogP contribution in [0.3, 0.4) is 0 Å². The van der Waals surface area contributed by atoms with Crippen molar-refractivity contribution in [2.24, 2.45) is 0 Å². The highest BCUT2D eigenvalue weighted by atomic mass is 127. The number of hydrogen-bond donors (Lipinski definition) is 0. The molecule has 3 heterocycles. The summed E-state index contributed by atoms with van der Waals surface area (Å²) in [6.45, 7) is -0.425. The predicted octanol–water partition coefficient (Wildman–Crippen LogP) is 5.63. The molecule has 0 aliphatic rings. The highest BCUT2D eigenvalue weighted by molar-refractivity contribution is 14.1. The van der Waals surface area contributed by atoms with Crippen LogP contribution in [0.5, 0.6) is 5.75 Å². The Bertz CT molecular complexity index is 1300. The summed E-state index contributed by atoms with van der Waals surface area (Å²) in [4.78, 5) is 5.69. The first-order valence-corrected chi connectivity index (χ1v) is 10.8. The molecule has 5 nitrogen and oxygen atoms in total. The van der Waals surface area contributed by atoms with E-state index in [1.165, 1.54) is 0 Å². The van der Waals surface area contributed by atoms with E-state index in [2.05, 4.69) is 37.2 Å². The number of rotatable bonds is 5. The first kappa shape index (κ1) is 18.4. The second-order valence-electron chi connectivity index (χ2n) is 6.37. The molecule has 2 aromatic carbocycles. The summed E-state index contributed by atoms with van der Waals surface area (Å²) >= 11 is 3.73. The summed E-state index contributed by atoms with van der Waals surface area (Å²) in [5, 5.41) is 8.34. The molecule has 0 aliphatic carbocycles. The quantitative estimate of drug-likeness (QED) is 0.285. The fourth-order valence-corrected chi connectivity index (χ4v) is 4.47. The standard InChI is InChI=1S/C21H14FIN4OS/c22-9-10-28-15-5-7-18-19(11-15)29-21-24-17(12-27(18)21)14-3-1-13(2-4-14)16-6-8-20(23)26-25-16/h1-8,11-12H,9-10H2. The third-order valence-electron chi connectivity index (χ3n) is 4.52. The van der Waals surface area contributed by atoms with E-state index in [1.54, 1.807) is 11.3 Å². The minimum Gasteiger partial charge on any atom is -0.491 e. The molecule has 0 unspecified atom stereocenters. The van der Waals surface area contributed by atoms with Gasteiger partial charge in [-0.3, -0.25) is 4.40 Å². The van der Waals surface area contributed by atoms with Crippen LogP contribution in [-0.4, -0.2) is 32.9 Å². The van der Waals surface area contributed by atoms with E-state index in [0.29, 0.717) is 5.75 Å². The van der Waals surface area contributed by atoms with Crippen LogP contribution in [0.25, 0.3) is 37.7 Å². The first-order valence-electron chi connectivity index (χ1n) is 8.92. The monoisotopic (exact) mass is 516 g/mol. The van der Waals surface area contributed by atoms with Crippen molar-refractivity contribution < 1.29 is 9.13 Å². The number of halogens is 2. The van der Waals surface area contributed by atoms with Crippen molar-refractivity contribution in [3.05, 3.63) is 64.5 Å². The van der Waals surface area contributed by atoms with E-state index < -0.39 is 6.67 Å². The van der Waals surface area contributed by atoms with Crippen molar-refractivity contribution in [1.82, 2.24) is 19.6 Å². The average Bonchev–Trinajstić information content (AvgIpc) is 3.30. The Morgan fingerprint density at radius 3 is 2.48 bits per heavy atom. The molecule has 5 rings (SSSR count). The first-order chi connectivity index (χ1) is 14.2. The molecule has 29 heavy (non-hydrogen) atoms. The fourth-order valence-electron chi connectivity index (χ4n) is 3.15. The van der Waals surface area contributed by atoms with Crippen molar-refractivity contribution in [2.45, 2.75) is 0 Å². The predicted molar refractivity (Wildman–Crippen MR) is 121 cm³/mol. The van der Waals surface area contributed by atoms with Gasteiger partial charge in [0, 0.05) is 17.3 Å². The number of fused-ring (bicyclic) bond motifs is 3. The second kappa shape index (κ2) is 7.68. The maximum atomic E-state index is 12.3. The van der Waals surface area contributed by atoms with Crippen molar-refractivity contribution in [3.63, 3.8) is 0 Å². The SMILES string of the molecule is FCCOc1ccc2c(c1)sc1nc(-c3ccc(-c4ccc(I)nn4)cc3)cn12. The highest BCUT2D eigenvalue weighted by Gasteiger charge is 2.11. The maximum absolute atomic E-state index is 12.3. The van der Waals surface area contributed by atoms with Gasteiger partial charge in [0.1, 0.15) is 22.7 Å². The summed E-state index contributed by atoms with van der Waals surface area (Å²) in [5.74, 6) is 0.675. The molecular weight excluding hydrogens is 502 g/mol. The van der Waals surface area contributed by atoms with E-state index in [9.17, 15) is 4.39 Å². The van der Waals surface area contributed by atoms with Crippen LogP contribution in [0.1, 0.15) is 0 Å². The number of nitrogens with zero attached hydrogens (tertiary/aromatic N) is 4. The van der Waals surface area contributed by atoms with Gasteiger partial charge in [-0.1, -0.05) is 35.6 Å². The third kappa shape index (κ3) is 3.58. The molecule has 0 spiro atoms. The van der Waals surface area contributed by atoms with Gasteiger partial charge >= 0.3 is 0 Å². The number of benzene rings is 2. The van der Waals surface area contributed by atoms with Gasteiger partial charge < -0.3 is 4.74 Å². The van der Waals surface area contributed by atoms with Crippen LogP contribution < -0.4 is 4.74 Å². The Morgan fingerprint density at radius 2 is 1.76 bits per heavy atom. The van der Waals surface area contributed by atoms with Crippen LogP contribution in [0, 0.1) is 3.70 Å². The topological polar surface area (TPSA) is 52.3 Å². The van der Waals surface area contributed by atoms with Gasteiger partial charge in [-0.15, -0.1) is 10.2 Å². The highest BCUT2D eigenvalue weighted by Crippen LogP contribution is 2.32. The lowest BCUT2D eigenvalue weighted by atomic mass is 10.1. The van der Waals surface area contributed by atoms with Gasteiger partial charge in [-0.2, -0.15) is 0 Å². The Morgan fingerprint density at radius 1 is 0.966 bits per heavy atom. The molecule has 3 aromatic heterocycles. The van der Waals surface area contributed by atoms with E-state index >= 15 is 0 Å². The number of alkyl halides is 1. The molecule has 0 aliphatic heterocycles. The van der Waals surface area contributed by atoms with Crippen molar-refractivity contribution in [3.8, 4) is 28.3 Å². The van der Waals surface area contributed by atoms with E-state index in [4.69, 9.17) is 9.72 Å². The molecule has 0 saturated carbocycles. The van der Waals surface area contributed by atoms with Crippen LogP contribution in [-0.2, 0) is 0 Å². The molecule has 0 N–H and O–H groups in total. The average molecular weight is 516 g/mol. The minimum atomic E-state index is -0.496. The smallest absolute Gasteiger partial charge is 0.195 e. The normalized spacial score (nSPS) is 11.4. The van der Waals surface area contributed by atoms with Crippen LogP contribution in [0.2, 0.25) is 0 Å². The third-order valence-corrected chi connectivity index (χ3v) is 6.11. The summed E-state index contributed by atoms with van der Waals surface area (Å²) in [5.41, 5.74) is 4.88. The zero-order valence-corrected chi connectivity index (χ0v) is 18.0. The van der Waals surface area contributed by atoms with Crippen LogP contribution in [0.4, 0.5) is 4.39 Å². The summed E-state index contributed by atoms with van der Waals surface area (Å²) < 4.78 is 21.7. The second-order valence-corrected chi connectivity index (χ2v) is 8.48. The van der Waals surface area contributed by atoms with Gasteiger partial charge in [-0.25, -0.2) is 9.37 Å². The van der Waals surface area contributed by atoms with Crippen molar-refractivity contribution >= 4 is 49.1 Å². The summed E-state index contributed by atoms with van der Waals surface area (Å²) in [7, 11) is 0. The van der Waals surface area contributed by atoms with Gasteiger partial charge in [0.15, 0.2) is 4.96 Å². The molecule has 0 amide bonds. The van der Waals surface area contributed by atoms with Crippen molar-refractivity contribution in [2.75, 3.05) is 13.3 Å². The van der Waals surface area contributed by atoms with Crippen LogP contribution in [0.15, 0.2) is 60.8 Å². The Kier molecular flexibility index (Phi) is 4.88. The van der Waals surface area contributed by atoms with Gasteiger partial charge in [0.2, 0.25) is 0 Å². The minimum absolute atomic E-state index is 0.0714. The summed E-state index contributed by atoms with van der Waals surface area (Å²) in [6.07, 6.45) is 2.04. The molecule has 0 radical (unpaired) electrons. The summed E-state index contributed by atoms with van der Waals surface area (Å²) in [6, 6.07) is 17.9. The molecule has 0 fully saturated rings. The molecule has 5 aromatic rings. The van der Waals surface area contributed by atoms with Crippen molar-refractivity contribution in [1.29, 1.82) is 0 Å². The molecule has 8 heteroatoms. The molecular formula is C21H14FIN4OS. The maximum Gasteiger partial charge on any atom is 0.195 e. The lowest BCUT2D eigenvalue weighted by molar-refractivity contribution is 0.273. The zero-order chi connectivity index (χ0) is 19.8. The van der Waals surface area contributed by atoms with E-state index in [-0.39, 0.29) is 6.61 Å². The fraction of sp³-hybridized carbons (Fsp3) is 0.0952. The lowest BCUT2D eigenvalue weighted by Gasteiger charge is -2.03. The lowest BCUT2D eigenvalue weighted by Crippen LogP contribution is -1.98. The number of ether oxygens (including phenoxy) is 1. The molecule has 144 valence electrons. The van der Waals surface area contributed by atoms with E-state index in [1.807, 2.05) is 60.8 Å². The zero-order valence-electron chi connectivity index (χ0n) is 15.0. The number of imidazole rings is 1.